The fourth-order valence-electron chi connectivity index (χ4n) is 5.62. The molecule has 3 aromatic rings. The van der Waals surface area contributed by atoms with Gasteiger partial charge in [0.25, 0.3) is 0 Å². The van der Waals surface area contributed by atoms with E-state index < -0.39 is 29.0 Å². The summed E-state index contributed by atoms with van der Waals surface area (Å²) in [4.78, 5) is 12.5. The molecule has 6 nitrogen and oxygen atoms in total. The van der Waals surface area contributed by atoms with Gasteiger partial charge in [-0.05, 0) is 43.1 Å². The van der Waals surface area contributed by atoms with Crippen LogP contribution in [0.3, 0.4) is 0 Å². The largest absolute Gasteiger partial charge is 0.486 e. The Kier molecular flexibility index (Phi) is 5.72. The fraction of sp³-hybridized carbons (Fsp3) is 0.296. The lowest BCUT2D eigenvalue weighted by molar-refractivity contribution is 0.0538. The highest BCUT2D eigenvalue weighted by Gasteiger charge is 2.50. The third-order valence-electron chi connectivity index (χ3n) is 7.26. The average Bonchev–Trinajstić information content (AvgIpc) is 3.55. The summed E-state index contributed by atoms with van der Waals surface area (Å²) in [5, 5.41) is 3.05. The fourth-order valence-corrected chi connectivity index (χ4v) is 5.88. The number of fused-ring (bicyclic) bond motifs is 2. The average molecular weight is 531 g/mol. The molecule has 10 heteroatoms. The van der Waals surface area contributed by atoms with Crippen molar-refractivity contribution in [3.05, 3.63) is 75.6 Å². The molecule has 37 heavy (non-hydrogen) atoms. The first-order chi connectivity index (χ1) is 17.8. The number of carbonyl (C=O) groups is 1. The molecule has 1 saturated heterocycles. The van der Waals surface area contributed by atoms with E-state index in [1.165, 1.54) is 18.2 Å². The highest BCUT2D eigenvalue weighted by atomic mass is 35.5. The molecule has 0 saturated carbocycles. The summed E-state index contributed by atoms with van der Waals surface area (Å²) in [7, 11) is 0. The molecule has 2 atom stereocenters. The molecule has 1 amide bonds. The van der Waals surface area contributed by atoms with Crippen LogP contribution in [-0.2, 0) is 12.0 Å². The number of halogens is 4. The van der Waals surface area contributed by atoms with E-state index in [9.17, 15) is 9.18 Å². The molecule has 0 bridgehead atoms. The maximum absolute atomic E-state index is 16.0. The van der Waals surface area contributed by atoms with Crippen molar-refractivity contribution >= 4 is 17.5 Å². The molecule has 3 heterocycles. The first-order valence-corrected chi connectivity index (χ1v) is 12.3. The Labute approximate surface area is 215 Å². The van der Waals surface area contributed by atoms with Gasteiger partial charge in [0.1, 0.15) is 30.6 Å². The molecular formula is C27H22ClF3N2O4. The van der Waals surface area contributed by atoms with Gasteiger partial charge in [-0.1, -0.05) is 23.7 Å². The van der Waals surface area contributed by atoms with Crippen LogP contribution in [0.5, 0.6) is 17.2 Å². The van der Waals surface area contributed by atoms with Crippen LogP contribution in [0.25, 0.3) is 11.1 Å². The molecule has 0 aromatic heterocycles. The maximum atomic E-state index is 16.0. The number of amides is 1. The number of rotatable bonds is 4. The number of nitrogens with two attached hydrogens (primary N) is 1. The maximum Gasteiger partial charge on any atom is 0.249 e. The van der Waals surface area contributed by atoms with Gasteiger partial charge in [0, 0.05) is 29.2 Å². The Balaban J connectivity index is 1.59. The lowest BCUT2D eigenvalue weighted by Gasteiger charge is -2.35. The summed E-state index contributed by atoms with van der Waals surface area (Å²) < 4.78 is 62.5. The third kappa shape index (κ3) is 3.71. The summed E-state index contributed by atoms with van der Waals surface area (Å²) >= 11 is 6.48. The van der Waals surface area contributed by atoms with Crippen LogP contribution >= 0.6 is 11.6 Å². The summed E-state index contributed by atoms with van der Waals surface area (Å²) in [5.74, 6) is -3.17. The van der Waals surface area contributed by atoms with E-state index in [0.717, 1.165) is 25.5 Å². The van der Waals surface area contributed by atoms with E-state index >= 15 is 8.78 Å². The second-order valence-corrected chi connectivity index (χ2v) is 9.73. The number of hydrogen-bond acceptors (Lipinski definition) is 5. The SMILES string of the molecule is NC(=O)c1cc2c(c(F)c1-c1c(Cl)c(F)cc3c1C[C@](c1ccc(F)cc1)([C@@H]1CCCN1)O3)OCCO2. The third-order valence-corrected chi connectivity index (χ3v) is 7.63. The standard InChI is InChI=1S/C27H22ClF3N2O4/c28-23-17(30)11-18-16(12-27(37-18,20-2-1-7-33-20)13-3-5-14(29)6-4-13)21(23)22-15(26(32)34)10-19-25(24(22)31)36-9-8-35-19/h3-6,10-11,20,33H,1-2,7-9,12H2,(H2,32,34)/t20-,27-/m0/s1. The van der Waals surface area contributed by atoms with E-state index in [1.807, 2.05) is 0 Å². The zero-order chi connectivity index (χ0) is 25.9. The van der Waals surface area contributed by atoms with Crippen molar-refractivity contribution in [2.45, 2.75) is 30.9 Å². The van der Waals surface area contributed by atoms with Crippen molar-refractivity contribution < 1.29 is 32.2 Å². The number of primary amides is 1. The Hall–Kier alpha value is -3.43. The normalized spacial score (nSPS) is 22.0. The minimum absolute atomic E-state index is 0.0255. The smallest absolute Gasteiger partial charge is 0.249 e. The van der Waals surface area contributed by atoms with Gasteiger partial charge in [-0.15, -0.1) is 0 Å². The second-order valence-electron chi connectivity index (χ2n) is 9.35. The Morgan fingerprint density at radius 3 is 2.51 bits per heavy atom. The van der Waals surface area contributed by atoms with Crippen LogP contribution in [-0.4, -0.2) is 31.7 Å². The van der Waals surface area contributed by atoms with Crippen molar-refractivity contribution in [3.63, 3.8) is 0 Å². The molecule has 3 aliphatic rings. The lowest BCUT2D eigenvalue weighted by Crippen LogP contribution is -2.48. The molecular weight excluding hydrogens is 509 g/mol. The van der Waals surface area contributed by atoms with E-state index in [4.69, 9.17) is 31.5 Å². The van der Waals surface area contributed by atoms with Crippen molar-refractivity contribution in [1.82, 2.24) is 5.32 Å². The van der Waals surface area contributed by atoms with Gasteiger partial charge in [-0.2, -0.15) is 0 Å². The monoisotopic (exact) mass is 530 g/mol. The minimum atomic E-state index is -1.05. The number of carbonyl (C=O) groups excluding carboxylic acids is 1. The minimum Gasteiger partial charge on any atom is -0.486 e. The Bertz CT molecular complexity index is 1430. The van der Waals surface area contributed by atoms with Gasteiger partial charge in [0.05, 0.1) is 16.6 Å². The van der Waals surface area contributed by atoms with E-state index in [2.05, 4.69) is 5.32 Å². The van der Waals surface area contributed by atoms with Gasteiger partial charge in [-0.25, -0.2) is 13.2 Å². The zero-order valence-electron chi connectivity index (χ0n) is 19.5. The van der Waals surface area contributed by atoms with Gasteiger partial charge in [0.15, 0.2) is 22.9 Å². The Morgan fingerprint density at radius 1 is 1.05 bits per heavy atom. The summed E-state index contributed by atoms with van der Waals surface area (Å²) in [5.41, 5.74) is 5.11. The van der Waals surface area contributed by atoms with E-state index in [1.54, 1.807) is 12.1 Å². The van der Waals surface area contributed by atoms with Crippen molar-refractivity contribution in [2.75, 3.05) is 19.8 Å². The van der Waals surface area contributed by atoms with Gasteiger partial charge < -0.3 is 25.3 Å². The van der Waals surface area contributed by atoms with Crippen LogP contribution in [0, 0.1) is 17.5 Å². The zero-order valence-corrected chi connectivity index (χ0v) is 20.3. The van der Waals surface area contributed by atoms with Crippen LogP contribution in [0.4, 0.5) is 13.2 Å². The number of hydrogen-bond donors (Lipinski definition) is 2. The van der Waals surface area contributed by atoms with Crippen LogP contribution < -0.4 is 25.3 Å². The molecule has 0 spiro atoms. The van der Waals surface area contributed by atoms with Gasteiger partial charge in [0.2, 0.25) is 5.91 Å². The molecule has 1 fully saturated rings. The summed E-state index contributed by atoms with van der Waals surface area (Å²) in [6.07, 6.45) is 1.80. The molecule has 3 aromatic carbocycles. The highest BCUT2D eigenvalue weighted by Crippen LogP contribution is 2.53. The first kappa shape index (κ1) is 23.9. The lowest BCUT2D eigenvalue weighted by atomic mass is 9.80. The van der Waals surface area contributed by atoms with Crippen LogP contribution in [0.15, 0.2) is 36.4 Å². The molecule has 3 N–H and O–H groups in total. The second kappa shape index (κ2) is 8.85. The summed E-state index contributed by atoms with van der Waals surface area (Å²) in [6.45, 7) is 1.01. The predicted octanol–water partition coefficient (Wildman–Crippen LogP) is 4.88. The van der Waals surface area contributed by atoms with Gasteiger partial charge in [-0.3, -0.25) is 4.79 Å². The van der Waals surface area contributed by atoms with Gasteiger partial charge >= 0.3 is 0 Å². The molecule has 3 aliphatic heterocycles. The Morgan fingerprint density at radius 2 is 1.81 bits per heavy atom. The summed E-state index contributed by atoms with van der Waals surface area (Å²) in [6, 6.07) is 8.15. The van der Waals surface area contributed by atoms with Crippen molar-refractivity contribution in [2.24, 2.45) is 5.73 Å². The predicted molar refractivity (Wildman–Crippen MR) is 130 cm³/mol. The van der Waals surface area contributed by atoms with E-state index in [-0.39, 0.29) is 64.6 Å². The van der Waals surface area contributed by atoms with Crippen molar-refractivity contribution in [3.8, 4) is 28.4 Å². The quantitative estimate of drug-likeness (QED) is 0.502. The first-order valence-electron chi connectivity index (χ1n) is 11.9. The topological polar surface area (TPSA) is 82.8 Å². The molecule has 0 aliphatic carbocycles. The number of benzene rings is 3. The van der Waals surface area contributed by atoms with Crippen LogP contribution in [0.1, 0.15) is 34.3 Å². The molecule has 0 unspecified atom stereocenters. The van der Waals surface area contributed by atoms with E-state index in [0.29, 0.717) is 11.1 Å². The number of ether oxygens (including phenoxy) is 3. The molecule has 192 valence electrons. The molecule has 6 rings (SSSR count). The number of nitrogens with one attached hydrogen (secondary N) is 1. The van der Waals surface area contributed by atoms with Crippen LogP contribution in [0.2, 0.25) is 5.02 Å². The molecule has 0 radical (unpaired) electrons. The van der Waals surface area contributed by atoms with Crippen molar-refractivity contribution in [1.29, 1.82) is 0 Å². The highest BCUT2D eigenvalue weighted by molar-refractivity contribution is 6.34.